The highest BCUT2D eigenvalue weighted by molar-refractivity contribution is 7.13. The second-order valence-corrected chi connectivity index (χ2v) is 4.09. The second kappa shape index (κ2) is 3.22. The Morgan fingerprint density at radius 2 is 2.36 bits per heavy atom. The molecule has 1 aromatic rings. The summed E-state index contributed by atoms with van der Waals surface area (Å²) in [7, 11) is 0. The van der Waals surface area contributed by atoms with Crippen LogP contribution in [-0.2, 0) is 0 Å². The Labute approximate surface area is 71.7 Å². The van der Waals surface area contributed by atoms with Gasteiger partial charge in [0.2, 0.25) is 0 Å². The standard InChI is InChI=1S/C8H14N2S/c1-4-8(2,3)10-7-9-5-6-11-7/h5-6H,4H2,1-3H3,(H,9,10). The molecule has 3 heteroatoms. The monoisotopic (exact) mass is 170 g/mol. The highest BCUT2D eigenvalue weighted by atomic mass is 32.1. The van der Waals surface area contributed by atoms with Gasteiger partial charge in [-0.15, -0.1) is 11.3 Å². The number of nitrogens with zero attached hydrogens (tertiary/aromatic N) is 1. The summed E-state index contributed by atoms with van der Waals surface area (Å²) in [6.45, 7) is 6.52. The first-order chi connectivity index (χ1) is 5.14. The molecule has 0 saturated heterocycles. The first kappa shape index (κ1) is 8.53. The highest BCUT2D eigenvalue weighted by Gasteiger charge is 2.14. The van der Waals surface area contributed by atoms with Crippen molar-refractivity contribution in [1.82, 2.24) is 4.98 Å². The van der Waals surface area contributed by atoms with Gasteiger partial charge in [-0.05, 0) is 20.3 Å². The molecule has 2 nitrogen and oxygen atoms in total. The summed E-state index contributed by atoms with van der Waals surface area (Å²) in [5, 5.41) is 6.35. The lowest BCUT2D eigenvalue weighted by Crippen LogP contribution is -2.29. The molecule has 0 aliphatic rings. The van der Waals surface area contributed by atoms with Crippen molar-refractivity contribution < 1.29 is 0 Å². The minimum absolute atomic E-state index is 0.165. The number of thiazole rings is 1. The number of anilines is 1. The lowest BCUT2D eigenvalue weighted by molar-refractivity contribution is 0.547. The van der Waals surface area contributed by atoms with Gasteiger partial charge >= 0.3 is 0 Å². The molecule has 0 spiro atoms. The van der Waals surface area contributed by atoms with E-state index in [0.29, 0.717) is 0 Å². The molecule has 0 atom stereocenters. The molecule has 0 aliphatic carbocycles. The number of nitrogens with one attached hydrogen (secondary N) is 1. The van der Waals surface area contributed by atoms with Crippen molar-refractivity contribution in [2.75, 3.05) is 5.32 Å². The van der Waals surface area contributed by atoms with E-state index in [-0.39, 0.29) is 5.54 Å². The van der Waals surface area contributed by atoms with Crippen LogP contribution in [0.1, 0.15) is 27.2 Å². The molecule has 0 unspecified atom stereocenters. The quantitative estimate of drug-likeness (QED) is 0.754. The molecule has 1 aromatic heterocycles. The summed E-state index contributed by atoms with van der Waals surface area (Å²) in [4.78, 5) is 4.16. The third kappa shape index (κ3) is 2.50. The Kier molecular flexibility index (Phi) is 2.49. The Morgan fingerprint density at radius 3 is 2.82 bits per heavy atom. The van der Waals surface area contributed by atoms with Crippen molar-refractivity contribution in [3.8, 4) is 0 Å². The predicted octanol–water partition coefficient (Wildman–Crippen LogP) is 2.74. The van der Waals surface area contributed by atoms with E-state index < -0.39 is 0 Å². The van der Waals surface area contributed by atoms with Crippen LogP contribution in [0.2, 0.25) is 0 Å². The van der Waals surface area contributed by atoms with Gasteiger partial charge < -0.3 is 5.32 Å². The van der Waals surface area contributed by atoms with Crippen LogP contribution in [0, 0.1) is 0 Å². The number of aromatic nitrogens is 1. The maximum Gasteiger partial charge on any atom is 0.182 e. The van der Waals surface area contributed by atoms with E-state index in [1.54, 1.807) is 11.3 Å². The Hall–Kier alpha value is -0.570. The molecule has 1 rings (SSSR count). The molecule has 0 aliphatic heterocycles. The fourth-order valence-corrected chi connectivity index (χ4v) is 1.37. The molecule has 0 radical (unpaired) electrons. The van der Waals surface area contributed by atoms with Gasteiger partial charge in [0.15, 0.2) is 5.13 Å². The van der Waals surface area contributed by atoms with Gasteiger partial charge in [-0.2, -0.15) is 0 Å². The summed E-state index contributed by atoms with van der Waals surface area (Å²) in [5.74, 6) is 0. The fourth-order valence-electron chi connectivity index (χ4n) is 0.663. The van der Waals surface area contributed by atoms with Gasteiger partial charge in [-0.1, -0.05) is 6.92 Å². The molecular formula is C8H14N2S. The lowest BCUT2D eigenvalue weighted by Gasteiger charge is -2.23. The van der Waals surface area contributed by atoms with Gasteiger partial charge in [-0.25, -0.2) is 4.98 Å². The maximum atomic E-state index is 4.16. The minimum Gasteiger partial charge on any atom is -0.357 e. The van der Waals surface area contributed by atoms with Crippen LogP contribution in [0.15, 0.2) is 11.6 Å². The second-order valence-electron chi connectivity index (χ2n) is 3.20. The summed E-state index contributed by atoms with van der Waals surface area (Å²) >= 11 is 1.64. The third-order valence-electron chi connectivity index (χ3n) is 1.76. The van der Waals surface area contributed by atoms with Crippen LogP contribution in [-0.4, -0.2) is 10.5 Å². The average molecular weight is 170 g/mol. The van der Waals surface area contributed by atoms with Crippen LogP contribution < -0.4 is 5.32 Å². The van der Waals surface area contributed by atoms with E-state index in [2.05, 4.69) is 31.1 Å². The van der Waals surface area contributed by atoms with Gasteiger partial charge in [0.1, 0.15) is 0 Å². The van der Waals surface area contributed by atoms with Gasteiger partial charge in [0, 0.05) is 17.1 Å². The van der Waals surface area contributed by atoms with Crippen molar-refractivity contribution in [2.24, 2.45) is 0 Å². The smallest absolute Gasteiger partial charge is 0.182 e. The highest BCUT2D eigenvalue weighted by Crippen LogP contribution is 2.19. The van der Waals surface area contributed by atoms with Crippen molar-refractivity contribution in [1.29, 1.82) is 0 Å². The number of hydrogen-bond acceptors (Lipinski definition) is 3. The first-order valence-electron chi connectivity index (χ1n) is 3.82. The summed E-state index contributed by atoms with van der Waals surface area (Å²) in [5.41, 5.74) is 0.165. The zero-order valence-corrected chi connectivity index (χ0v) is 8.03. The summed E-state index contributed by atoms with van der Waals surface area (Å²) in [6, 6.07) is 0. The molecule has 0 fully saturated rings. The normalized spacial score (nSPS) is 11.5. The van der Waals surface area contributed by atoms with E-state index in [0.717, 1.165) is 11.6 Å². The predicted molar refractivity (Wildman–Crippen MR) is 50.1 cm³/mol. The van der Waals surface area contributed by atoms with Crippen LogP contribution in [0.25, 0.3) is 0 Å². The largest absolute Gasteiger partial charge is 0.357 e. The Morgan fingerprint density at radius 1 is 1.64 bits per heavy atom. The van der Waals surface area contributed by atoms with Gasteiger partial charge in [0.05, 0.1) is 0 Å². The van der Waals surface area contributed by atoms with E-state index in [9.17, 15) is 0 Å². The molecule has 1 N–H and O–H groups in total. The van der Waals surface area contributed by atoms with E-state index in [1.165, 1.54) is 0 Å². The van der Waals surface area contributed by atoms with Crippen molar-refractivity contribution in [2.45, 2.75) is 32.7 Å². The van der Waals surface area contributed by atoms with Crippen LogP contribution in [0.3, 0.4) is 0 Å². The zero-order chi connectivity index (χ0) is 8.32. The summed E-state index contributed by atoms with van der Waals surface area (Å²) < 4.78 is 0. The number of hydrogen-bond donors (Lipinski definition) is 1. The third-order valence-corrected chi connectivity index (χ3v) is 2.45. The lowest BCUT2D eigenvalue weighted by atomic mass is 10.0. The van der Waals surface area contributed by atoms with E-state index in [4.69, 9.17) is 0 Å². The molecular weight excluding hydrogens is 156 g/mol. The van der Waals surface area contributed by atoms with Crippen molar-refractivity contribution in [3.05, 3.63) is 11.6 Å². The van der Waals surface area contributed by atoms with Crippen LogP contribution in [0.4, 0.5) is 5.13 Å². The van der Waals surface area contributed by atoms with E-state index in [1.807, 2.05) is 11.6 Å². The van der Waals surface area contributed by atoms with Gasteiger partial charge in [0.25, 0.3) is 0 Å². The Bertz CT molecular complexity index is 204. The molecule has 0 bridgehead atoms. The minimum atomic E-state index is 0.165. The molecule has 62 valence electrons. The fraction of sp³-hybridized carbons (Fsp3) is 0.625. The summed E-state index contributed by atoms with van der Waals surface area (Å²) in [6.07, 6.45) is 2.92. The SMILES string of the molecule is CCC(C)(C)Nc1nccs1. The molecule has 0 amide bonds. The van der Waals surface area contributed by atoms with Crippen LogP contribution in [0.5, 0.6) is 0 Å². The molecule has 0 aromatic carbocycles. The van der Waals surface area contributed by atoms with Crippen LogP contribution >= 0.6 is 11.3 Å². The number of rotatable bonds is 3. The Balaban J connectivity index is 2.56. The topological polar surface area (TPSA) is 24.9 Å². The molecule has 0 saturated carbocycles. The average Bonchev–Trinajstić information content (AvgIpc) is 2.39. The molecule has 11 heavy (non-hydrogen) atoms. The van der Waals surface area contributed by atoms with E-state index >= 15 is 0 Å². The van der Waals surface area contributed by atoms with Crippen molar-refractivity contribution >= 4 is 16.5 Å². The van der Waals surface area contributed by atoms with Crippen molar-refractivity contribution in [3.63, 3.8) is 0 Å². The first-order valence-corrected chi connectivity index (χ1v) is 4.70. The van der Waals surface area contributed by atoms with Gasteiger partial charge in [-0.3, -0.25) is 0 Å². The zero-order valence-electron chi connectivity index (χ0n) is 7.22. The maximum absolute atomic E-state index is 4.16. The molecule has 1 heterocycles.